The first-order chi connectivity index (χ1) is 14.3. The number of pyridine rings is 1. The number of aromatic nitrogens is 4. The molecule has 0 aliphatic carbocycles. The molecule has 0 amide bonds. The molecular formula is C22H21FN4O3. The normalized spacial score (nSPS) is 13.5. The maximum absolute atomic E-state index is 13.3. The van der Waals surface area contributed by atoms with Crippen molar-refractivity contribution < 1.29 is 19.4 Å². The number of carbonyl (C=O) groups is 1. The molecule has 4 aromatic rings. The van der Waals surface area contributed by atoms with Gasteiger partial charge >= 0.3 is 5.97 Å². The Labute approximate surface area is 172 Å². The number of halogens is 1. The third-order valence-corrected chi connectivity index (χ3v) is 5.31. The summed E-state index contributed by atoms with van der Waals surface area (Å²) in [5.41, 5.74) is 2.31. The second-order valence-corrected chi connectivity index (χ2v) is 7.48. The van der Waals surface area contributed by atoms with Crippen LogP contribution in [0.15, 0.2) is 54.9 Å². The van der Waals surface area contributed by atoms with Crippen LogP contribution >= 0.6 is 0 Å². The molecule has 4 rings (SSSR count). The predicted molar refractivity (Wildman–Crippen MR) is 109 cm³/mol. The number of fused-ring (bicyclic) bond motifs is 1. The van der Waals surface area contributed by atoms with E-state index in [2.05, 4.69) is 10.3 Å². The van der Waals surface area contributed by atoms with E-state index in [1.807, 2.05) is 19.1 Å². The van der Waals surface area contributed by atoms with E-state index in [1.165, 1.54) is 12.1 Å². The van der Waals surface area contributed by atoms with Crippen LogP contribution in [0.1, 0.15) is 41.9 Å². The lowest BCUT2D eigenvalue weighted by Gasteiger charge is -2.16. The van der Waals surface area contributed by atoms with Gasteiger partial charge in [-0.15, -0.1) is 5.10 Å². The minimum absolute atomic E-state index is 0.140. The first-order valence-electron chi connectivity index (χ1n) is 9.54. The van der Waals surface area contributed by atoms with Crippen molar-refractivity contribution in [3.63, 3.8) is 0 Å². The molecule has 154 valence electrons. The van der Waals surface area contributed by atoms with Gasteiger partial charge in [-0.1, -0.05) is 12.1 Å². The van der Waals surface area contributed by atoms with Gasteiger partial charge in [-0.2, -0.15) is 0 Å². The van der Waals surface area contributed by atoms with Gasteiger partial charge in [0.2, 0.25) is 0 Å². The number of hydrogen-bond donors (Lipinski definition) is 2. The van der Waals surface area contributed by atoms with E-state index in [9.17, 15) is 19.4 Å². The van der Waals surface area contributed by atoms with Gasteiger partial charge in [-0.05, 0) is 66.9 Å². The highest BCUT2D eigenvalue weighted by Crippen LogP contribution is 2.29. The number of aliphatic hydroxyl groups is 1. The molecule has 30 heavy (non-hydrogen) atoms. The van der Waals surface area contributed by atoms with Crippen molar-refractivity contribution in [2.75, 3.05) is 0 Å². The highest BCUT2D eigenvalue weighted by Gasteiger charge is 2.24. The molecule has 0 saturated carbocycles. The fourth-order valence-corrected chi connectivity index (χ4v) is 3.38. The summed E-state index contributed by atoms with van der Waals surface area (Å²) in [6.45, 7) is 3.99. The Hall–Kier alpha value is -3.52. The number of benzene rings is 1. The van der Waals surface area contributed by atoms with Gasteiger partial charge in [-0.25, -0.2) is 13.9 Å². The third-order valence-electron chi connectivity index (χ3n) is 5.31. The van der Waals surface area contributed by atoms with Crippen molar-refractivity contribution in [1.82, 2.24) is 19.4 Å². The Balaban J connectivity index is 1.72. The molecule has 7 nitrogen and oxygen atoms in total. The van der Waals surface area contributed by atoms with Gasteiger partial charge in [0.1, 0.15) is 17.1 Å². The average molecular weight is 408 g/mol. The summed E-state index contributed by atoms with van der Waals surface area (Å²) >= 11 is 0. The molecule has 3 heterocycles. The number of carboxylic acid groups (broad SMARTS) is 1. The van der Waals surface area contributed by atoms with Gasteiger partial charge in [0.25, 0.3) is 0 Å². The Bertz CT molecular complexity index is 1230. The fraction of sp³-hybridized carbons (Fsp3) is 0.227. The SMILES string of the molecule is CCC(C)(O)c1cn(Cc2ccn3c(-c4ccc(F)cc4)c(C(=O)O)cc3c2)nn1. The van der Waals surface area contributed by atoms with E-state index in [1.54, 1.807) is 46.6 Å². The standard InChI is InChI=1S/C22H21FN4O3/c1-3-22(2,30)19-13-26(25-24-19)12-14-8-9-27-17(10-14)11-18(21(28)29)20(27)15-4-6-16(23)7-5-15/h4-11,13,30H,3,12H2,1-2H3,(H,28,29). The number of rotatable bonds is 6. The molecule has 0 fully saturated rings. The Morgan fingerprint density at radius 1 is 1.20 bits per heavy atom. The summed E-state index contributed by atoms with van der Waals surface area (Å²) in [7, 11) is 0. The summed E-state index contributed by atoms with van der Waals surface area (Å²) in [4.78, 5) is 11.8. The topological polar surface area (TPSA) is 92.7 Å². The highest BCUT2D eigenvalue weighted by atomic mass is 19.1. The third kappa shape index (κ3) is 3.57. The largest absolute Gasteiger partial charge is 0.478 e. The quantitative estimate of drug-likeness (QED) is 0.508. The number of nitrogens with zero attached hydrogens (tertiary/aromatic N) is 4. The maximum Gasteiger partial charge on any atom is 0.337 e. The summed E-state index contributed by atoms with van der Waals surface area (Å²) in [5.74, 6) is -1.43. The lowest BCUT2D eigenvalue weighted by atomic mass is 10.0. The molecule has 3 aromatic heterocycles. The van der Waals surface area contributed by atoms with Crippen LogP contribution in [-0.4, -0.2) is 35.6 Å². The van der Waals surface area contributed by atoms with Crippen LogP contribution in [0.3, 0.4) is 0 Å². The predicted octanol–water partition coefficient (Wildman–Crippen LogP) is 3.70. The smallest absolute Gasteiger partial charge is 0.337 e. The number of aromatic carboxylic acids is 1. The maximum atomic E-state index is 13.3. The van der Waals surface area contributed by atoms with E-state index in [0.29, 0.717) is 35.4 Å². The fourth-order valence-electron chi connectivity index (χ4n) is 3.38. The van der Waals surface area contributed by atoms with E-state index in [4.69, 9.17) is 0 Å². The molecule has 1 atom stereocenters. The van der Waals surface area contributed by atoms with Crippen LogP contribution in [0, 0.1) is 5.82 Å². The monoisotopic (exact) mass is 408 g/mol. The molecule has 2 N–H and O–H groups in total. The van der Waals surface area contributed by atoms with E-state index in [0.717, 1.165) is 5.56 Å². The first kappa shape index (κ1) is 19.8. The van der Waals surface area contributed by atoms with Crippen LogP contribution in [0.5, 0.6) is 0 Å². The molecule has 0 aliphatic heterocycles. The van der Waals surface area contributed by atoms with Gasteiger partial charge in [0.15, 0.2) is 0 Å². The second kappa shape index (κ2) is 7.38. The van der Waals surface area contributed by atoms with E-state index in [-0.39, 0.29) is 11.4 Å². The Morgan fingerprint density at radius 2 is 1.93 bits per heavy atom. The van der Waals surface area contributed by atoms with Gasteiger partial charge in [0, 0.05) is 11.7 Å². The molecule has 1 aromatic carbocycles. The second-order valence-electron chi connectivity index (χ2n) is 7.48. The van der Waals surface area contributed by atoms with Gasteiger partial charge in [0.05, 0.1) is 24.0 Å². The molecule has 1 unspecified atom stereocenters. The zero-order valence-electron chi connectivity index (χ0n) is 16.6. The minimum atomic E-state index is -1.05. The van der Waals surface area contributed by atoms with Crippen LogP contribution in [0.25, 0.3) is 16.8 Å². The minimum Gasteiger partial charge on any atom is -0.478 e. The van der Waals surface area contributed by atoms with Gasteiger partial charge in [-0.3, -0.25) is 0 Å². The molecule has 0 aliphatic rings. The van der Waals surface area contributed by atoms with Crippen LogP contribution in [0.4, 0.5) is 4.39 Å². The Kier molecular flexibility index (Phi) is 4.87. The van der Waals surface area contributed by atoms with Crippen molar-refractivity contribution in [2.24, 2.45) is 0 Å². The van der Waals surface area contributed by atoms with Crippen molar-refractivity contribution in [3.8, 4) is 11.3 Å². The number of carboxylic acids is 1. The van der Waals surface area contributed by atoms with E-state index < -0.39 is 11.6 Å². The van der Waals surface area contributed by atoms with Crippen LogP contribution in [0.2, 0.25) is 0 Å². The van der Waals surface area contributed by atoms with Crippen molar-refractivity contribution in [2.45, 2.75) is 32.4 Å². The summed E-state index contributed by atoms with van der Waals surface area (Å²) in [6.07, 6.45) is 4.01. The molecular weight excluding hydrogens is 387 g/mol. The lowest BCUT2D eigenvalue weighted by molar-refractivity contribution is 0.0484. The van der Waals surface area contributed by atoms with E-state index >= 15 is 0 Å². The molecule has 0 spiro atoms. The molecule has 0 radical (unpaired) electrons. The van der Waals surface area contributed by atoms with Crippen LogP contribution in [-0.2, 0) is 12.1 Å². The molecule has 0 saturated heterocycles. The number of hydrogen-bond acceptors (Lipinski definition) is 4. The Morgan fingerprint density at radius 3 is 2.60 bits per heavy atom. The lowest BCUT2D eigenvalue weighted by Crippen LogP contribution is -2.20. The van der Waals surface area contributed by atoms with Crippen molar-refractivity contribution >= 4 is 11.5 Å². The summed E-state index contributed by atoms with van der Waals surface area (Å²) < 4.78 is 16.7. The summed E-state index contributed by atoms with van der Waals surface area (Å²) in [5, 5.41) is 28.1. The first-order valence-corrected chi connectivity index (χ1v) is 9.54. The molecule has 8 heteroatoms. The summed E-state index contributed by atoms with van der Waals surface area (Å²) in [6, 6.07) is 11.1. The van der Waals surface area contributed by atoms with Crippen molar-refractivity contribution in [3.05, 3.63) is 77.5 Å². The zero-order chi connectivity index (χ0) is 21.5. The zero-order valence-corrected chi connectivity index (χ0v) is 16.6. The highest BCUT2D eigenvalue weighted by molar-refractivity contribution is 5.97. The van der Waals surface area contributed by atoms with Gasteiger partial charge < -0.3 is 14.6 Å². The molecule has 0 bridgehead atoms. The average Bonchev–Trinajstić information content (AvgIpc) is 3.34. The van der Waals surface area contributed by atoms with Crippen LogP contribution < -0.4 is 0 Å². The van der Waals surface area contributed by atoms with Crippen molar-refractivity contribution in [1.29, 1.82) is 0 Å².